The lowest BCUT2D eigenvalue weighted by Crippen LogP contribution is -2.65. The predicted octanol–water partition coefficient (Wildman–Crippen LogP) is 7.05. The van der Waals surface area contributed by atoms with E-state index in [-0.39, 0.29) is 34.9 Å². The Labute approximate surface area is 218 Å². The van der Waals surface area contributed by atoms with E-state index in [9.17, 15) is 19.8 Å². The van der Waals surface area contributed by atoms with Gasteiger partial charge in [0.25, 0.3) is 0 Å². The first-order chi connectivity index (χ1) is 16.6. The molecular formula is C32H50O4. The van der Waals surface area contributed by atoms with Crippen molar-refractivity contribution < 1.29 is 19.8 Å². The summed E-state index contributed by atoms with van der Waals surface area (Å²) >= 11 is 0. The molecule has 4 saturated carbocycles. The van der Waals surface area contributed by atoms with Crippen LogP contribution in [0.4, 0.5) is 0 Å². The molecule has 0 aromatic heterocycles. The Kier molecular flexibility index (Phi) is 5.83. The molecule has 0 bridgehead atoms. The number of Topliss-reactive ketones (excluding diaryl/α,β-unsaturated/α-hetero) is 1. The van der Waals surface area contributed by atoms with Crippen LogP contribution < -0.4 is 0 Å². The highest BCUT2D eigenvalue weighted by Gasteiger charge is 2.70. The van der Waals surface area contributed by atoms with Crippen molar-refractivity contribution in [3.05, 3.63) is 11.1 Å². The first-order valence-corrected chi connectivity index (χ1v) is 14.8. The molecule has 36 heavy (non-hydrogen) atoms. The van der Waals surface area contributed by atoms with Gasteiger partial charge < -0.3 is 10.2 Å². The van der Waals surface area contributed by atoms with Gasteiger partial charge >= 0.3 is 5.97 Å². The van der Waals surface area contributed by atoms with Crippen molar-refractivity contribution in [3.63, 3.8) is 0 Å². The summed E-state index contributed by atoms with van der Waals surface area (Å²) in [7, 11) is 0. The van der Waals surface area contributed by atoms with Gasteiger partial charge in [-0.05, 0) is 114 Å². The van der Waals surface area contributed by atoms with E-state index in [0.29, 0.717) is 23.2 Å². The molecule has 202 valence electrons. The third-order valence-corrected chi connectivity index (χ3v) is 13.8. The lowest BCUT2D eigenvalue weighted by atomic mass is 9.32. The third kappa shape index (κ3) is 3.03. The number of rotatable bonds is 3. The quantitative estimate of drug-likeness (QED) is 0.437. The van der Waals surface area contributed by atoms with Crippen LogP contribution in [0.15, 0.2) is 11.1 Å². The second-order valence-electron chi connectivity index (χ2n) is 15.4. The number of ketones is 1. The molecule has 0 aromatic rings. The van der Waals surface area contributed by atoms with Crippen molar-refractivity contribution in [2.75, 3.05) is 0 Å². The summed E-state index contributed by atoms with van der Waals surface area (Å²) in [5.41, 5.74) is 1.82. The first-order valence-electron chi connectivity index (χ1n) is 14.8. The average Bonchev–Trinajstić information content (AvgIpc) is 3.09. The van der Waals surface area contributed by atoms with Crippen molar-refractivity contribution in [1.82, 2.24) is 0 Å². The maximum absolute atomic E-state index is 13.4. The van der Waals surface area contributed by atoms with Crippen LogP contribution in [0.2, 0.25) is 0 Å². The highest BCUT2D eigenvalue weighted by molar-refractivity contribution is 6.01. The number of aliphatic hydroxyl groups is 1. The number of aliphatic hydroxyl groups excluding tert-OH is 1. The molecule has 1 unspecified atom stereocenters. The van der Waals surface area contributed by atoms with Crippen LogP contribution in [0, 0.1) is 56.7 Å². The lowest BCUT2D eigenvalue weighted by molar-refractivity contribution is -0.222. The second-order valence-corrected chi connectivity index (χ2v) is 15.4. The van der Waals surface area contributed by atoms with Crippen LogP contribution >= 0.6 is 0 Å². The fraction of sp³-hybridized carbons (Fsp3) is 0.875. The van der Waals surface area contributed by atoms with Gasteiger partial charge in [-0.1, -0.05) is 55.4 Å². The summed E-state index contributed by atoms with van der Waals surface area (Å²) in [6.45, 7) is 19.3. The van der Waals surface area contributed by atoms with Crippen molar-refractivity contribution in [1.29, 1.82) is 0 Å². The molecule has 0 radical (unpaired) electrons. The van der Waals surface area contributed by atoms with Gasteiger partial charge in [-0.3, -0.25) is 4.79 Å². The number of hydrogen-bond donors (Lipinski definition) is 2. The Balaban J connectivity index is 1.62. The van der Waals surface area contributed by atoms with Crippen molar-refractivity contribution in [3.8, 4) is 0 Å². The van der Waals surface area contributed by atoms with Crippen LogP contribution in [-0.4, -0.2) is 28.1 Å². The van der Waals surface area contributed by atoms with Gasteiger partial charge in [0.05, 0.1) is 0 Å². The number of carbonyl (C=O) groups excluding carboxylic acids is 1. The van der Waals surface area contributed by atoms with E-state index in [1.54, 1.807) is 0 Å². The number of hydrogen-bond acceptors (Lipinski definition) is 3. The molecule has 2 N–H and O–H groups in total. The monoisotopic (exact) mass is 498 g/mol. The Morgan fingerprint density at radius 3 is 2.17 bits per heavy atom. The largest absolute Gasteiger partial charge is 0.479 e. The van der Waals surface area contributed by atoms with Gasteiger partial charge in [-0.25, -0.2) is 4.79 Å². The van der Waals surface area contributed by atoms with Gasteiger partial charge in [-0.15, -0.1) is 0 Å². The average molecular weight is 499 g/mol. The molecule has 5 rings (SSSR count). The molecule has 4 heteroatoms. The molecule has 0 saturated heterocycles. The molecule has 4 nitrogen and oxygen atoms in total. The van der Waals surface area contributed by atoms with Gasteiger partial charge in [-0.2, -0.15) is 0 Å². The van der Waals surface area contributed by atoms with Gasteiger partial charge in [0.1, 0.15) is 0 Å². The highest BCUT2D eigenvalue weighted by atomic mass is 16.4. The van der Waals surface area contributed by atoms with Gasteiger partial charge in [0, 0.05) is 11.8 Å². The van der Waals surface area contributed by atoms with Crippen molar-refractivity contribution in [2.24, 2.45) is 56.7 Å². The maximum Gasteiger partial charge on any atom is 0.333 e. The normalized spacial score (nSPS) is 48.7. The number of carboxylic acids is 1. The van der Waals surface area contributed by atoms with Crippen molar-refractivity contribution >= 4 is 11.8 Å². The molecule has 5 aliphatic carbocycles. The first kappa shape index (κ1) is 26.4. The minimum absolute atomic E-state index is 0.0128. The summed E-state index contributed by atoms with van der Waals surface area (Å²) in [6.07, 6.45) is 7.43. The van der Waals surface area contributed by atoms with Gasteiger partial charge in [0.15, 0.2) is 11.9 Å². The van der Waals surface area contributed by atoms with E-state index >= 15 is 0 Å². The summed E-state index contributed by atoms with van der Waals surface area (Å²) in [4.78, 5) is 25.6. The fourth-order valence-corrected chi connectivity index (χ4v) is 11.4. The zero-order valence-corrected chi connectivity index (χ0v) is 24.0. The predicted molar refractivity (Wildman–Crippen MR) is 142 cm³/mol. The molecule has 0 heterocycles. The van der Waals surface area contributed by atoms with Crippen LogP contribution in [0.1, 0.15) is 113 Å². The highest BCUT2D eigenvalue weighted by Crippen LogP contribution is 2.77. The number of carboxylic acid groups (broad SMARTS) is 1. The van der Waals surface area contributed by atoms with E-state index in [2.05, 4.69) is 55.4 Å². The SMILES string of the molecule is CC(C)C1=C2[C@H]3CC[C@@H]4[C@@]5(C)CC[C@H](C)C(C)(C)[C@@H]5CC[C@@]4(C)[C@]3(C)CC[C@@]2(C(O)C(=O)O)CC1=O. The summed E-state index contributed by atoms with van der Waals surface area (Å²) in [5, 5.41) is 21.0. The maximum atomic E-state index is 13.4. The molecule has 5 aliphatic rings. The number of fused-ring (bicyclic) bond motifs is 7. The summed E-state index contributed by atoms with van der Waals surface area (Å²) in [5.74, 6) is 1.27. The Morgan fingerprint density at radius 1 is 0.889 bits per heavy atom. The summed E-state index contributed by atoms with van der Waals surface area (Å²) in [6, 6.07) is 0. The Bertz CT molecular complexity index is 1010. The number of allylic oxidation sites excluding steroid dienone is 1. The van der Waals surface area contributed by atoms with E-state index in [0.717, 1.165) is 42.2 Å². The molecular weight excluding hydrogens is 448 g/mol. The molecule has 0 aliphatic heterocycles. The van der Waals surface area contributed by atoms with E-state index in [4.69, 9.17) is 0 Å². The van der Waals surface area contributed by atoms with Crippen LogP contribution in [-0.2, 0) is 9.59 Å². The standard InChI is InChI=1S/C32H50O4/c1-18(2)24-21(33)17-32(26(34)27(35)36)16-15-30(7)20(25(24)32)9-10-23-29(6)13-11-19(3)28(4,5)22(29)12-14-31(23,30)8/h18-20,22-23,26,34H,9-17H2,1-8H3,(H,35,36)/t19-,20+,22-,23+,26?,29-,30+,31+,32+/m0/s1. The minimum atomic E-state index is -1.50. The van der Waals surface area contributed by atoms with Crippen LogP contribution in [0.3, 0.4) is 0 Å². The summed E-state index contributed by atoms with van der Waals surface area (Å²) < 4.78 is 0. The molecule has 0 aromatic carbocycles. The second kappa shape index (κ2) is 7.93. The topological polar surface area (TPSA) is 74.6 Å². The van der Waals surface area contributed by atoms with Crippen LogP contribution in [0.25, 0.3) is 0 Å². The smallest absolute Gasteiger partial charge is 0.333 e. The zero-order valence-electron chi connectivity index (χ0n) is 24.0. The van der Waals surface area contributed by atoms with E-state index in [1.165, 1.54) is 25.7 Å². The lowest BCUT2D eigenvalue weighted by Gasteiger charge is -2.72. The van der Waals surface area contributed by atoms with Crippen LogP contribution in [0.5, 0.6) is 0 Å². The van der Waals surface area contributed by atoms with E-state index < -0.39 is 17.5 Å². The Morgan fingerprint density at radius 2 is 1.56 bits per heavy atom. The molecule has 4 fully saturated rings. The molecule has 0 spiro atoms. The Hall–Kier alpha value is -1.16. The van der Waals surface area contributed by atoms with Crippen molar-refractivity contribution in [2.45, 2.75) is 119 Å². The minimum Gasteiger partial charge on any atom is -0.479 e. The molecule has 9 atom stereocenters. The zero-order chi connectivity index (χ0) is 26.6. The third-order valence-electron chi connectivity index (χ3n) is 13.8. The number of carbonyl (C=O) groups is 2. The van der Waals surface area contributed by atoms with E-state index in [1.807, 2.05) is 0 Å². The van der Waals surface area contributed by atoms with Gasteiger partial charge in [0.2, 0.25) is 0 Å². The fourth-order valence-electron chi connectivity index (χ4n) is 11.4. The molecule has 0 amide bonds. The number of aliphatic carboxylic acids is 1.